The number of rotatable bonds is 6. The van der Waals surface area contributed by atoms with E-state index in [0.29, 0.717) is 24.1 Å². The Morgan fingerprint density at radius 3 is 2.46 bits per heavy atom. The third kappa shape index (κ3) is 3.51. The maximum Gasteiger partial charge on any atom is 0.305 e. The van der Waals surface area contributed by atoms with Crippen LogP contribution < -0.4 is 0 Å². The summed E-state index contributed by atoms with van der Waals surface area (Å²) in [7, 11) is -2.38. The molecular weight excluding hydrogens is 350 g/mol. The Kier molecular flexibility index (Phi) is 5.13. The molecule has 3 rings (SSSR count). The van der Waals surface area contributed by atoms with Gasteiger partial charge in [0.05, 0.1) is 17.5 Å². The molecule has 6 heteroatoms. The Balaban J connectivity index is 2.06. The van der Waals surface area contributed by atoms with Crippen LogP contribution in [0.5, 0.6) is 0 Å². The number of carbonyl (C=O) groups excluding carboxylic acids is 1. The predicted molar refractivity (Wildman–Crippen MR) is 101 cm³/mol. The Morgan fingerprint density at radius 1 is 1.08 bits per heavy atom. The Hall–Kier alpha value is -2.60. The van der Waals surface area contributed by atoms with Crippen molar-refractivity contribution in [2.75, 3.05) is 7.11 Å². The normalized spacial score (nSPS) is 11.6. The summed E-state index contributed by atoms with van der Waals surface area (Å²) in [5.74, 6) is -0.297. The number of ether oxygens (including phenoxy) is 1. The van der Waals surface area contributed by atoms with Gasteiger partial charge in [-0.15, -0.1) is 0 Å². The van der Waals surface area contributed by atoms with Crippen molar-refractivity contribution in [1.29, 1.82) is 0 Å². The molecule has 2 aromatic carbocycles. The van der Waals surface area contributed by atoms with E-state index in [-0.39, 0.29) is 17.3 Å². The number of aryl methyl sites for hydroxylation is 2. The van der Waals surface area contributed by atoms with Gasteiger partial charge in [-0.25, -0.2) is 12.4 Å². The molecule has 26 heavy (non-hydrogen) atoms. The highest BCUT2D eigenvalue weighted by Gasteiger charge is 2.22. The van der Waals surface area contributed by atoms with E-state index in [9.17, 15) is 13.2 Å². The Bertz CT molecular complexity index is 1030. The molecule has 0 bridgehead atoms. The topological polar surface area (TPSA) is 65.4 Å². The second-order valence-corrected chi connectivity index (χ2v) is 7.99. The first-order valence-corrected chi connectivity index (χ1v) is 9.86. The van der Waals surface area contributed by atoms with Crippen LogP contribution in [0.3, 0.4) is 0 Å². The number of esters is 1. The van der Waals surface area contributed by atoms with E-state index in [1.165, 1.54) is 11.1 Å². The summed E-state index contributed by atoms with van der Waals surface area (Å²) in [6.07, 6.45) is 1.24. The first kappa shape index (κ1) is 18.2. The number of hydrogen-bond acceptors (Lipinski definition) is 4. The van der Waals surface area contributed by atoms with Crippen LogP contribution in [0.2, 0.25) is 0 Å². The van der Waals surface area contributed by atoms with Crippen LogP contribution in [0, 0.1) is 6.92 Å². The summed E-state index contributed by atoms with van der Waals surface area (Å²) < 4.78 is 32.6. The van der Waals surface area contributed by atoms with Crippen molar-refractivity contribution < 1.29 is 17.9 Å². The molecule has 1 heterocycles. The van der Waals surface area contributed by atoms with Crippen LogP contribution in [0.25, 0.3) is 10.9 Å². The number of para-hydroxylation sites is 1. The van der Waals surface area contributed by atoms with E-state index in [4.69, 9.17) is 0 Å². The van der Waals surface area contributed by atoms with Gasteiger partial charge in [-0.2, -0.15) is 0 Å². The molecule has 0 amide bonds. The first-order valence-electron chi connectivity index (χ1n) is 8.42. The predicted octanol–water partition coefficient (Wildman–Crippen LogP) is 3.68. The van der Waals surface area contributed by atoms with Crippen LogP contribution in [-0.2, 0) is 26.0 Å². The number of aromatic nitrogens is 1. The molecule has 0 saturated heterocycles. The van der Waals surface area contributed by atoms with Gasteiger partial charge in [0.25, 0.3) is 10.0 Å². The lowest BCUT2D eigenvalue weighted by Gasteiger charge is -2.12. The quantitative estimate of drug-likeness (QED) is 0.620. The molecule has 0 N–H and O–H groups in total. The average molecular weight is 371 g/mol. The second-order valence-electron chi connectivity index (χ2n) is 6.21. The molecular formula is C20H21NO4S. The van der Waals surface area contributed by atoms with Crippen LogP contribution >= 0.6 is 0 Å². The molecule has 0 aliphatic heterocycles. The van der Waals surface area contributed by atoms with Crippen LogP contribution in [0.15, 0.2) is 59.5 Å². The van der Waals surface area contributed by atoms with Gasteiger partial charge in [-0.1, -0.05) is 35.9 Å². The minimum Gasteiger partial charge on any atom is -0.469 e. The number of methoxy groups -OCH3 is 1. The van der Waals surface area contributed by atoms with Gasteiger partial charge in [0.15, 0.2) is 0 Å². The third-order valence-electron chi connectivity index (χ3n) is 4.34. The van der Waals surface area contributed by atoms with E-state index >= 15 is 0 Å². The highest BCUT2D eigenvalue weighted by atomic mass is 32.2. The van der Waals surface area contributed by atoms with Crippen molar-refractivity contribution in [2.24, 2.45) is 0 Å². The zero-order chi connectivity index (χ0) is 18.7. The largest absolute Gasteiger partial charge is 0.469 e. The number of hydrogen-bond donors (Lipinski definition) is 0. The first-order chi connectivity index (χ1) is 12.4. The molecule has 0 fully saturated rings. The highest BCUT2D eigenvalue weighted by molar-refractivity contribution is 7.90. The summed E-state index contributed by atoms with van der Waals surface area (Å²) in [4.78, 5) is 11.6. The third-order valence-corrected chi connectivity index (χ3v) is 6.12. The fraction of sp³-hybridized carbons (Fsp3) is 0.250. The zero-order valence-corrected chi connectivity index (χ0v) is 15.6. The van der Waals surface area contributed by atoms with Crippen molar-refractivity contribution in [2.45, 2.75) is 31.1 Å². The maximum atomic E-state index is 13.3. The summed E-state index contributed by atoms with van der Waals surface area (Å²) in [6, 6.07) is 16.1. The van der Waals surface area contributed by atoms with Crippen LogP contribution in [0.4, 0.5) is 0 Å². The molecule has 0 unspecified atom stereocenters. The summed E-state index contributed by atoms with van der Waals surface area (Å²) in [5.41, 5.74) is 2.30. The van der Waals surface area contributed by atoms with Gasteiger partial charge in [0.2, 0.25) is 0 Å². The molecule has 0 radical (unpaired) electrons. The molecule has 1 aromatic heterocycles. The van der Waals surface area contributed by atoms with Crippen molar-refractivity contribution in [3.8, 4) is 0 Å². The van der Waals surface area contributed by atoms with Crippen molar-refractivity contribution >= 4 is 26.9 Å². The summed E-state index contributed by atoms with van der Waals surface area (Å²) in [5, 5.41) is 0.858. The molecule has 136 valence electrons. The molecule has 3 aromatic rings. The number of fused-ring (bicyclic) bond motifs is 1. The standard InChI is InChI=1S/C20H21NO4S/c1-15-10-12-18(13-11-15)26(23,24)21-17(7-5-9-20(22)25-2)14-16-6-3-4-8-19(16)21/h3-4,6,8,10-14H,5,7,9H2,1-2H3. The van der Waals surface area contributed by atoms with Gasteiger partial charge >= 0.3 is 5.97 Å². The van der Waals surface area contributed by atoms with Gasteiger partial charge in [-0.3, -0.25) is 4.79 Å². The molecule has 0 aliphatic carbocycles. The summed E-state index contributed by atoms with van der Waals surface area (Å²) >= 11 is 0. The van der Waals surface area contributed by atoms with E-state index in [1.807, 2.05) is 31.2 Å². The number of carbonyl (C=O) groups is 1. The van der Waals surface area contributed by atoms with Crippen molar-refractivity contribution in [3.05, 3.63) is 65.9 Å². The average Bonchev–Trinajstić information content (AvgIpc) is 3.00. The Labute approximate surface area is 153 Å². The maximum absolute atomic E-state index is 13.3. The lowest BCUT2D eigenvalue weighted by Crippen LogP contribution is -2.16. The molecule has 0 aliphatic rings. The lowest BCUT2D eigenvalue weighted by molar-refractivity contribution is -0.140. The molecule has 0 saturated carbocycles. The fourth-order valence-electron chi connectivity index (χ4n) is 2.98. The van der Waals surface area contributed by atoms with E-state index in [1.54, 1.807) is 30.3 Å². The SMILES string of the molecule is COC(=O)CCCc1cc2ccccc2n1S(=O)(=O)c1ccc(C)cc1. The van der Waals surface area contributed by atoms with Crippen LogP contribution in [0.1, 0.15) is 24.1 Å². The van der Waals surface area contributed by atoms with Gasteiger partial charge in [-0.05, 0) is 44.0 Å². The number of benzene rings is 2. The van der Waals surface area contributed by atoms with Crippen LogP contribution in [-0.4, -0.2) is 25.5 Å². The highest BCUT2D eigenvalue weighted by Crippen LogP contribution is 2.27. The minimum absolute atomic E-state index is 0.249. The van der Waals surface area contributed by atoms with Gasteiger partial charge in [0.1, 0.15) is 0 Å². The smallest absolute Gasteiger partial charge is 0.305 e. The van der Waals surface area contributed by atoms with E-state index in [0.717, 1.165) is 10.9 Å². The lowest BCUT2D eigenvalue weighted by atomic mass is 10.2. The minimum atomic E-state index is -3.73. The van der Waals surface area contributed by atoms with Crippen molar-refractivity contribution in [3.63, 3.8) is 0 Å². The fourth-order valence-corrected chi connectivity index (χ4v) is 4.55. The van der Waals surface area contributed by atoms with Gasteiger partial charge < -0.3 is 4.74 Å². The van der Waals surface area contributed by atoms with Crippen molar-refractivity contribution in [1.82, 2.24) is 3.97 Å². The van der Waals surface area contributed by atoms with Gasteiger partial charge in [0, 0.05) is 17.5 Å². The van der Waals surface area contributed by atoms with E-state index in [2.05, 4.69) is 4.74 Å². The van der Waals surface area contributed by atoms with E-state index < -0.39 is 10.0 Å². The number of nitrogens with zero attached hydrogens (tertiary/aromatic N) is 1. The molecule has 0 spiro atoms. The Morgan fingerprint density at radius 2 is 1.77 bits per heavy atom. The molecule has 5 nitrogen and oxygen atoms in total. The second kappa shape index (κ2) is 7.33. The zero-order valence-electron chi connectivity index (χ0n) is 14.8. The summed E-state index contributed by atoms with van der Waals surface area (Å²) in [6.45, 7) is 1.92. The monoisotopic (exact) mass is 371 g/mol. The molecule has 0 atom stereocenters.